The Hall–Kier alpha value is -0.300. The van der Waals surface area contributed by atoms with Crippen molar-refractivity contribution in [3.8, 4) is 0 Å². The van der Waals surface area contributed by atoms with Crippen molar-refractivity contribution in [3.05, 3.63) is 0 Å². The van der Waals surface area contributed by atoms with Gasteiger partial charge in [-0.3, -0.25) is 11.5 Å². The predicted octanol–water partition coefficient (Wildman–Crippen LogP) is 0.579. The molecule has 1 heterocycles. The Morgan fingerprint density at radius 3 is 2.35 bits per heavy atom. The molecule has 2 unspecified atom stereocenters. The third-order valence-corrected chi connectivity index (χ3v) is 4.14. The number of rotatable bonds is 1. The molecule has 0 aromatic rings. The van der Waals surface area contributed by atoms with Crippen LogP contribution in [0.15, 0.2) is 4.99 Å². The standard InChI is InChI=1S/C11H23N5S/c1-9(2,3)11(13)15-8(17-4)14-10(12,16-11)7-5-6-7/h7,16H,5-6,12-13H2,1-4H3,(H,14,15). The van der Waals surface area contributed by atoms with E-state index in [9.17, 15) is 0 Å². The maximum Gasteiger partial charge on any atom is 0.170 e. The number of thioether (sulfide) groups is 1. The normalized spacial score (nSPS) is 38.6. The molecule has 1 aliphatic carbocycles. The van der Waals surface area contributed by atoms with Crippen LogP contribution in [0.2, 0.25) is 0 Å². The smallest absolute Gasteiger partial charge is 0.170 e. The van der Waals surface area contributed by atoms with Gasteiger partial charge in [0.05, 0.1) is 0 Å². The largest absolute Gasteiger partial charge is 0.334 e. The van der Waals surface area contributed by atoms with Gasteiger partial charge in [-0.15, -0.1) is 0 Å². The highest BCUT2D eigenvalue weighted by molar-refractivity contribution is 8.13. The van der Waals surface area contributed by atoms with Crippen LogP contribution in [0.1, 0.15) is 33.6 Å². The van der Waals surface area contributed by atoms with Crippen LogP contribution >= 0.6 is 11.8 Å². The van der Waals surface area contributed by atoms with Crippen LogP contribution in [0.5, 0.6) is 0 Å². The summed E-state index contributed by atoms with van der Waals surface area (Å²) in [7, 11) is 0. The first kappa shape index (κ1) is 13.1. The molecule has 5 nitrogen and oxygen atoms in total. The summed E-state index contributed by atoms with van der Waals surface area (Å²) in [4.78, 5) is 4.56. The van der Waals surface area contributed by atoms with E-state index in [1.54, 1.807) is 11.8 Å². The molecule has 0 aromatic carbocycles. The average molecular weight is 257 g/mol. The Kier molecular flexibility index (Phi) is 2.97. The number of amidine groups is 1. The fourth-order valence-corrected chi connectivity index (χ4v) is 2.43. The van der Waals surface area contributed by atoms with Gasteiger partial charge in [0.1, 0.15) is 0 Å². The topological polar surface area (TPSA) is 88.5 Å². The second-order valence-corrected chi connectivity index (χ2v) is 6.82. The molecule has 0 aromatic heterocycles. The summed E-state index contributed by atoms with van der Waals surface area (Å²) >= 11 is 1.55. The zero-order chi connectivity index (χ0) is 12.9. The molecule has 98 valence electrons. The molecular formula is C11H23N5S. The number of nitrogens with zero attached hydrogens (tertiary/aromatic N) is 1. The number of nitrogens with one attached hydrogen (secondary N) is 2. The van der Waals surface area contributed by atoms with Crippen molar-refractivity contribution in [2.75, 3.05) is 6.26 Å². The first-order valence-electron chi connectivity index (χ1n) is 5.99. The summed E-state index contributed by atoms with van der Waals surface area (Å²) in [6, 6.07) is 0. The first-order valence-corrected chi connectivity index (χ1v) is 7.22. The van der Waals surface area contributed by atoms with Crippen molar-refractivity contribution in [1.82, 2.24) is 10.6 Å². The Bertz CT molecular complexity index is 346. The Labute approximate surface area is 107 Å². The van der Waals surface area contributed by atoms with Gasteiger partial charge in [-0.25, -0.2) is 10.3 Å². The Balaban J connectivity index is 2.33. The van der Waals surface area contributed by atoms with Crippen molar-refractivity contribution >= 4 is 16.9 Å². The van der Waals surface area contributed by atoms with E-state index < -0.39 is 11.6 Å². The lowest BCUT2D eigenvalue weighted by Crippen LogP contribution is -2.81. The van der Waals surface area contributed by atoms with Crippen molar-refractivity contribution in [2.24, 2.45) is 27.8 Å². The molecule has 2 rings (SSSR count). The summed E-state index contributed by atoms with van der Waals surface area (Å²) in [5.74, 6) is -1.05. The number of hydrogen-bond acceptors (Lipinski definition) is 6. The lowest BCUT2D eigenvalue weighted by atomic mass is 9.86. The predicted molar refractivity (Wildman–Crippen MR) is 73.2 cm³/mol. The van der Waals surface area contributed by atoms with E-state index in [0.29, 0.717) is 5.92 Å². The summed E-state index contributed by atoms with van der Waals surface area (Å²) in [6.07, 6.45) is 4.22. The second kappa shape index (κ2) is 3.85. The van der Waals surface area contributed by atoms with Gasteiger partial charge in [-0.1, -0.05) is 32.5 Å². The molecule has 1 aliphatic heterocycles. The van der Waals surface area contributed by atoms with Gasteiger partial charge in [-0.05, 0) is 19.1 Å². The Morgan fingerprint density at radius 1 is 1.35 bits per heavy atom. The number of aliphatic imine (C=N–C) groups is 1. The van der Waals surface area contributed by atoms with Gasteiger partial charge in [-0.2, -0.15) is 0 Å². The highest BCUT2D eigenvalue weighted by atomic mass is 32.2. The van der Waals surface area contributed by atoms with E-state index in [4.69, 9.17) is 11.5 Å². The summed E-state index contributed by atoms with van der Waals surface area (Å²) in [5, 5.41) is 7.39. The molecule has 0 spiro atoms. The minimum absolute atomic E-state index is 0.163. The monoisotopic (exact) mass is 257 g/mol. The molecule has 0 bridgehead atoms. The molecular weight excluding hydrogens is 234 g/mol. The molecule has 6 heteroatoms. The van der Waals surface area contributed by atoms with Crippen LogP contribution in [-0.4, -0.2) is 23.0 Å². The van der Waals surface area contributed by atoms with Gasteiger partial charge >= 0.3 is 0 Å². The van der Waals surface area contributed by atoms with Gasteiger partial charge in [0.15, 0.2) is 16.7 Å². The minimum atomic E-state index is -0.732. The van der Waals surface area contributed by atoms with Gasteiger partial charge < -0.3 is 5.32 Å². The van der Waals surface area contributed by atoms with Crippen LogP contribution in [0.4, 0.5) is 0 Å². The van der Waals surface area contributed by atoms with Gasteiger partial charge in [0.25, 0.3) is 0 Å². The second-order valence-electron chi connectivity index (χ2n) is 6.03. The molecule has 1 saturated carbocycles. The molecule has 2 aliphatic rings. The first-order chi connectivity index (χ1) is 7.70. The summed E-state index contributed by atoms with van der Waals surface area (Å²) in [5.41, 5.74) is 12.7. The number of hydrogen-bond donors (Lipinski definition) is 4. The third kappa shape index (κ3) is 2.31. The lowest BCUT2D eigenvalue weighted by Gasteiger charge is -2.50. The van der Waals surface area contributed by atoms with Gasteiger partial charge in [0, 0.05) is 11.3 Å². The molecule has 6 N–H and O–H groups in total. The van der Waals surface area contributed by atoms with E-state index in [0.717, 1.165) is 18.0 Å². The quantitative estimate of drug-likeness (QED) is 0.552. The fourth-order valence-electron chi connectivity index (χ4n) is 1.93. The van der Waals surface area contributed by atoms with E-state index in [1.807, 2.05) is 6.26 Å². The van der Waals surface area contributed by atoms with Crippen molar-refractivity contribution in [1.29, 1.82) is 0 Å². The van der Waals surface area contributed by atoms with E-state index in [2.05, 4.69) is 36.4 Å². The molecule has 17 heavy (non-hydrogen) atoms. The Morgan fingerprint density at radius 2 is 1.94 bits per heavy atom. The van der Waals surface area contributed by atoms with Crippen molar-refractivity contribution in [3.63, 3.8) is 0 Å². The van der Waals surface area contributed by atoms with Crippen molar-refractivity contribution < 1.29 is 0 Å². The average Bonchev–Trinajstić information content (AvgIpc) is 2.97. The molecule has 0 saturated heterocycles. The highest BCUT2D eigenvalue weighted by Gasteiger charge is 2.53. The summed E-state index contributed by atoms with van der Waals surface area (Å²) < 4.78 is 0. The third-order valence-electron chi connectivity index (χ3n) is 3.56. The van der Waals surface area contributed by atoms with Crippen LogP contribution < -0.4 is 22.1 Å². The molecule has 0 amide bonds. The van der Waals surface area contributed by atoms with Gasteiger partial charge in [0.2, 0.25) is 0 Å². The zero-order valence-corrected chi connectivity index (χ0v) is 11.8. The van der Waals surface area contributed by atoms with Crippen LogP contribution in [0.25, 0.3) is 0 Å². The van der Waals surface area contributed by atoms with E-state index >= 15 is 0 Å². The summed E-state index contributed by atoms with van der Waals surface area (Å²) in [6.45, 7) is 6.26. The number of nitrogens with two attached hydrogens (primary N) is 2. The maximum absolute atomic E-state index is 6.45. The van der Waals surface area contributed by atoms with Crippen LogP contribution in [0.3, 0.4) is 0 Å². The van der Waals surface area contributed by atoms with E-state index in [-0.39, 0.29) is 5.41 Å². The van der Waals surface area contributed by atoms with Crippen LogP contribution in [-0.2, 0) is 0 Å². The lowest BCUT2D eigenvalue weighted by molar-refractivity contribution is 0.0604. The minimum Gasteiger partial charge on any atom is -0.334 e. The van der Waals surface area contributed by atoms with E-state index in [1.165, 1.54) is 0 Å². The SMILES string of the molecule is CSC1=NC(N)(C2CC2)NC(N)(C(C)(C)C)N1. The zero-order valence-electron chi connectivity index (χ0n) is 11.0. The van der Waals surface area contributed by atoms with Crippen molar-refractivity contribution in [2.45, 2.75) is 45.2 Å². The fraction of sp³-hybridized carbons (Fsp3) is 0.909. The van der Waals surface area contributed by atoms with Crippen LogP contribution in [0, 0.1) is 11.3 Å². The molecule has 0 radical (unpaired) electrons. The highest BCUT2D eigenvalue weighted by Crippen LogP contribution is 2.41. The molecule has 2 atom stereocenters. The molecule has 1 fully saturated rings. The maximum atomic E-state index is 6.45.